The maximum Gasteiger partial charge on any atom is 0.261 e. The van der Waals surface area contributed by atoms with Gasteiger partial charge in [-0.2, -0.15) is 0 Å². The summed E-state index contributed by atoms with van der Waals surface area (Å²) in [5.41, 5.74) is 0.943. The van der Waals surface area contributed by atoms with Crippen molar-refractivity contribution in [3.63, 3.8) is 0 Å². The number of anilines is 2. The molecule has 0 unspecified atom stereocenters. The standard InChI is InChI=1S/C17H18F2N2O/c1-3-21(4-2)13-10-8-12(9-11-13)20-17(22)16-14(18)6-5-7-15(16)19/h5-11H,3-4H2,1-2H3,(H,20,22). The number of hydrogen-bond acceptors (Lipinski definition) is 2. The molecule has 0 saturated carbocycles. The lowest BCUT2D eigenvalue weighted by molar-refractivity contribution is 0.101. The molecule has 0 heterocycles. The van der Waals surface area contributed by atoms with Gasteiger partial charge >= 0.3 is 0 Å². The van der Waals surface area contributed by atoms with Crippen LogP contribution in [0.5, 0.6) is 0 Å². The highest BCUT2D eigenvalue weighted by molar-refractivity contribution is 6.04. The van der Waals surface area contributed by atoms with Gasteiger partial charge in [0.25, 0.3) is 5.91 Å². The zero-order valence-electron chi connectivity index (χ0n) is 12.6. The Morgan fingerprint density at radius 2 is 1.55 bits per heavy atom. The first-order valence-corrected chi connectivity index (χ1v) is 7.17. The lowest BCUT2D eigenvalue weighted by Crippen LogP contribution is -2.21. The van der Waals surface area contributed by atoms with Crippen LogP contribution in [0.25, 0.3) is 0 Å². The first kappa shape index (κ1) is 15.9. The van der Waals surface area contributed by atoms with E-state index in [1.807, 2.05) is 12.1 Å². The molecule has 2 aromatic carbocycles. The van der Waals surface area contributed by atoms with E-state index in [2.05, 4.69) is 24.1 Å². The summed E-state index contributed by atoms with van der Waals surface area (Å²) in [5, 5.41) is 2.50. The minimum Gasteiger partial charge on any atom is -0.372 e. The van der Waals surface area contributed by atoms with Crippen molar-refractivity contribution in [2.75, 3.05) is 23.3 Å². The lowest BCUT2D eigenvalue weighted by atomic mass is 10.1. The summed E-state index contributed by atoms with van der Waals surface area (Å²) in [6.45, 7) is 5.87. The van der Waals surface area contributed by atoms with Crippen molar-refractivity contribution in [2.45, 2.75) is 13.8 Å². The van der Waals surface area contributed by atoms with E-state index in [1.54, 1.807) is 12.1 Å². The van der Waals surface area contributed by atoms with Gasteiger partial charge in [0, 0.05) is 24.5 Å². The maximum atomic E-state index is 13.6. The molecule has 1 amide bonds. The molecule has 116 valence electrons. The minimum atomic E-state index is -0.878. The Morgan fingerprint density at radius 1 is 1.00 bits per heavy atom. The zero-order valence-corrected chi connectivity index (χ0v) is 12.6. The quantitative estimate of drug-likeness (QED) is 0.903. The molecule has 22 heavy (non-hydrogen) atoms. The van der Waals surface area contributed by atoms with Gasteiger partial charge in [0.2, 0.25) is 0 Å². The van der Waals surface area contributed by atoms with Crippen molar-refractivity contribution in [3.8, 4) is 0 Å². The second-order valence-corrected chi connectivity index (χ2v) is 4.77. The first-order chi connectivity index (χ1) is 10.6. The van der Waals surface area contributed by atoms with Crippen molar-refractivity contribution in [3.05, 3.63) is 59.7 Å². The Morgan fingerprint density at radius 3 is 2.05 bits per heavy atom. The van der Waals surface area contributed by atoms with Gasteiger partial charge in [0.15, 0.2) is 0 Å². The Hall–Kier alpha value is -2.43. The molecule has 0 saturated heterocycles. The van der Waals surface area contributed by atoms with Gasteiger partial charge in [-0.05, 0) is 50.2 Å². The van der Waals surface area contributed by atoms with Gasteiger partial charge in [-0.3, -0.25) is 4.79 Å². The van der Waals surface area contributed by atoms with E-state index in [4.69, 9.17) is 0 Å². The van der Waals surface area contributed by atoms with Crippen molar-refractivity contribution >= 4 is 17.3 Å². The predicted molar refractivity (Wildman–Crippen MR) is 84.3 cm³/mol. The van der Waals surface area contributed by atoms with E-state index in [9.17, 15) is 13.6 Å². The molecule has 5 heteroatoms. The number of benzene rings is 2. The highest BCUT2D eigenvalue weighted by Crippen LogP contribution is 2.19. The summed E-state index contributed by atoms with van der Waals surface area (Å²) in [7, 11) is 0. The zero-order chi connectivity index (χ0) is 16.1. The topological polar surface area (TPSA) is 32.3 Å². The molecule has 1 N–H and O–H groups in total. The molecule has 0 radical (unpaired) electrons. The Bertz CT molecular complexity index is 632. The molecule has 0 aromatic heterocycles. The molecule has 0 atom stereocenters. The molecule has 0 aliphatic heterocycles. The number of nitrogens with zero attached hydrogens (tertiary/aromatic N) is 1. The van der Waals surface area contributed by atoms with Crippen LogP contribution < -0.4 is 10.2 Å². The third kappa shape index (κ3) is 3.42. The van der Waals surface area contributed by atoms with E-state index in [-0.39, 0.29) is 0 Å². The van der Waals surface area contributed by atoms with Crippen molar-refractivity contribution in [1.29, 1.82) is 0 Å². The van der Waals surface area contributed by atoms with Crippen LogP contribution in [0.4, 0.5) is 20.2 Å². The number of halogens is 2. The van der Waals surface area contributed by atoms with Crippen LogP contribution in [0.15, 0.2) is 42.5 Å². The lowest BCUT2D eigenvalue weighted by Gasteiger charge is -2.21. The summed E-state index contributed by atoms with van der Waals surface area (Å²) < 4.78 is 27.1. The minimum absolute atomic E-state index is 0.489. The molecule has 0 aliphatic carbocycles. The summed E-state index contributed by atoms with van der Waals surface area (Å²) >= 11 is 0. The molecule has 3 nitrogen and oxygen atoms in total. The van der Waals surface area contributed by atoms with Gasteiger partial charge < -0.3 is 10.2 Å². The molecule has 0 bridgehead atoms. The second kappa shape index (κ2) is 7.02. The molecule has 0 fully saturated rings. The number of hydrogen-bond donors (Lipinski definition) is 1. The van der Waals surface area contributed by atoms with Gasteiger partial charge in [-0.15, -0.1) is 0 Å². The number of carbonyl (C=O) groups is 1. The number of nitrogens with one attached hydrogen (secondary N) is 1. The molecular weight excluding hydrogens is 286 g/mol. The SMILES string of the molecule is CCN(CC)c1ccc(NC(=O)c2c(F)cccc2F)cc1. The van der Waals surface area contributed by atoms with Crippen molar-refractivity contribution in [2.24, 2.45) is 0 Å². The van der Waals surface area contributed by atoms with E-state index < -0.39 is 23.1 Å². The highest BCUT2D eigenvalue weighted by Gasteiger charge is 2.17. The van der Waals surface area contributed by atoms with Crippen LogP contribution in [0.1, 0.15) is 24.2 Å². The summed E-state index contributed by atoms with van der Waals surface area (Å²) in [5.74, 6) is -2.55. The van der Waals surface area contributed by atoms with Crippen molar-refractivity contribution < 1.29 is 13.6 Å². The second-order valence-electron chi connectivity index (χ2n) is 4.77. The molecule has 0 spiro atoms. The van der Waals surface area contributed by atoms with E-state index >= 15 is 0 Å². The molecule has 2 rings (SSSR count). The van der Waals surface area contributed by atoms with Gasteiger partial charge in [-0.1, -0.05) is 6.07 Å². The number of rotatable bonds is 5. The normalized spacial score (nSPS) is 10.4. The van der Waals surface area contributed by atoms with Crippen LogP contribution in [0.3, 0.4) is 0 Å². The largest absolute Gasteiger partial charge is 0.372 e. The third-order valence-corrected chi connectivity index (χ3v) is 3.44. The Balaban J connectivity index is 2.16. The molecule has 0 aliphatic rings. The van der Waals surface area contributed by atoms with Crippen LogP contribution in [-0.2, 0) is 0 Å². The monoisotopic (exact) mass is 304 g/mol. The van der Waals surface area contributed by atoms with Crippen LogP contribution in [0, 0.1) is 11.6 Å². The van der Waals surface area contributed by atoms with Crippen LogP contribution in [0.2, 0.25) is 0 Å². The average molecular weight is 304 g/mol. The maximum absolute atomic E-state index is 13.6. The Kier molecular flexibility index (Phi) is 5.09. The van der Waals surface area contributed by atoms with Gasteiger partial charge in [0.05, 0.1) is 0 Å². The molecule has 2 aromatic rings. The van der Waals surface area contributed by atoms with E-state index in [0.29, 0.717) is 5.69 Å². The molecular formula is C17H18F2N2O. The fourth-order valence-electron chi connectivity index (χ4n) is 2.25. The summed E-state index contributed by atoms with van der Waals surface area (Å²) in [6, 6.07) is 10.5. The fraction of sp³-hybridized carbons (Fsp3) is 0.235. The average Bonchev–Trinajstić information content (AvgIpc) is 2.50. The smallest absolute Gasteiger partial charge is 0.261 e. The highest BCUT2D eigenvalue weighted by atomic mass is 19.1. The Labute approximate surface area is 128 Å². The fourth-order valence-corrected chi connectivity index (χ4v) is 2.25. The summed E-state index contributed by atoms with van der Waals surface area (Å²) in [4.78, 5) is 14.1. The van der Waals surface area contributed by atoms with Crippen molar-refractivity contribution in [1.82, 2.24) is 0 Å². The van der Waals surface area contributed by atoms with E-state index in [0.717, 1.165) is 30.9 Å². The first-order valence-electron chi connectivity index (χ1n) is 7.17. The van der Waals surface area contributed by atoms with Gasteiger partial charge in [-0.25, -0.2) is 8.78 Å². The number of carbonyl (C=O) groups excluding carboxylic acids is 1. The number of amides is 1. The summed E-state index contributed by atoms with van der Waals surface area (Å²) in [6.07, 6.45) is 0. The predicted octanol–water partition coefficient (Wildman–Crippen LogP) is 4.06. The van der Waals surface area contributed by atoms with Crippen LogP contribution >= 0.6 is 0 Å². The van der Waals surface area contributed by atoms with Crippen LogP contribution in [-0.4, -0.2) is 19.0 Å². The van der Waals surface area contributed by atoms with E-state index in [1.165, 1.54) is 6.07 Å². The van der Waals surface area contributed by atoms with Gasteiger partial charge in [0.1, 0.15) is 17.2 Å². The third-order valence-electron chi connectivity index (χ3n) is 3.44.